The van der Waals surface area contributed by atoms with Gasteiger partial charge in [-0.05, 0) is 31.2 Å². The van der Waals surface area contributed by atoms with Crippen LogP contribution in [-0.4, -0.2) is 31.3 Å². The van der Waals surface area contributed by atoms with E-state index in [2.05, 4.69) is 25.6 Å². The van der Waals surface area contributed by atoms with E-state index in [4.69, 9.17) is 11.6 Å². The predicted molar refractivity (Wildman–Crippen MR) is 124 cm³/mol. The topological polar surface area (TPSA) is 102 Å². The van der Waals surface area contributed by atoms with Gasteiger partial charge in [-0.25, -0.2) is 15.0 Å². The van der Waals surface area contributed by atoms with Crippen molar-refractivity contribution in [3.8, 4) is 5.69 Å². The lowest BCUT2D eigenvalue weighted by molar-refractivity contribution is -0.137. The third kappa shape index (κ3) is 5.66. The number of imidazole rings is 1. The van der Waals surface area contributed by atoms with Crippen LogP contribution in [0.5, 0.6) is 0 Å². The Balaban J connectivity index is 1.42. The van der Waals surface area contributed by atoms with Gasteiger partial charge >= 0.3 is 6.18 Å². The molecule has 0 aliphatic heterocycles. The van der Waals surface area contributed by atoms with Crippen LogP contribution in [0.15, 0.2) is 61.4 Å². The zero-order valence-corrected chi connectivity index (χ0v) is 19.4. The van der Waals surface area contributed by atoms with Crippen LogP contribution in [0, 0.1) is 0 Å². The summed E-state index contributed by atoms with van der Waals surface area (Å²) in [6.07, 6.45) is 2.40. The van der Waals surface area contributed by atoms with E-state index in [9.17, 15) is 22.8 Å². The number of benzene rings is 1. The summed E-state index contributed by atoms with van der Waals surface area (Å²) in [5, 5.41) is 4.99. The van der Waals surface area contributed by atoms with Crippen molar-refractivity contribution in [3.05, 3.63) is 87.5 Å². The number of amides is 2. The number of nitrogens with zero attached hydrogens (tertiary/aromatic N) is 4. The minimum Gasteiger partial charge on any atom is -0.343 e. The Kier molecular flexibility index (Phi) is 6.85. The van der Waals surface area contributed by atoms with Gasteiger partial charge in [-0.3, -0.25) is 9.59 Å². The van der Waals surface area contributed by atoms with Crippen molar-refractivity contribution >= 4 is 40.6 Å². The number of rotatable bonds is 6. The highest BCUT2D eigenvalue weighted by Crippen LogP contribution is 2.35. The molecule has 0 spiro atoms. The first-order valence-corrected chi connectivity index (χ1v) is 11.2. The van der Waals surface area contributed by atoms with E-state index >= 15 is 0 Å². The number of pyridine rings is 1. The van der Waals surface area contributed by atoms with Crippen molar-refractivity contribution in [1.82, 2.24) is 24.8 Å². The van der Waals surface area contributed by atoms with Gasteiger partial charge in [-0.1, -0.05) is 17.7 Å². The van der Waals surface area contributed by atoms with Crippen LogP contribution in [-0.2, 0) is 6.18 Å². The lowest BCUT2D eigenvalue weighted by Gasteiger charge is -2.12. The Morgan fingerprint density at radius 2 is 1.94 bits per heavy atom. The predicted octanol–water partition coefficient (Wildman–Crippen LogP) is 5.14. The number of nitrogens with one attached hydrogen (secondary N) is 2. The standard InChI is InChI=1S/C22H16ClF3N6O2S/c1-12(30-19(33)13-3-2-4-14(7-13)32-6-5-27-11-32)21-29-10-17(35-21)20(34)31-18-8-15(22(24,25)26)16(23)9-28-18/h2-12H,1H3,(H,30,33)(H,28,31,34). The number of carbonyl (C=O) groups is 2. The second-order valence-corrected chi connectivity index (χ2v) is 8.75. The number of halogens is 4. The van der Waals surface area contributed by atoms with Crippen LogP contribution >= 0.6 is 22.9 Å². The van der Waals surface area contributed by atoms with Gasteiger partial charge < -0.3 is 15.2 Å². The van der Waals surface area contributed by atoms with E-state index < -0.39 is 28.7 Å². The first-order chi connectivity index (χ1) is 16.6. The molecule has 0 bridgehead atoms. The number of hydrogen-bond donors (Lipinski definition) is 2. The number of alkyl halides is 3. The molecule has 1 atom stereocenters. The maximum atomic E-state index is 13.0. The van der Waals surface area contributed by atoms with Gasteiger partial charge in [0.15, 0.2) is 0 Å². The molecule has 2 amide bonds. The summed E-state index contributed by atoms with van der Waals surface area (Å²) < 4.78 is 40.9. The molecule has 4 rings (SSSR count). The maximum absolute atomic E-state index is 13.0. The fraction of sp³-hybridized carbons (Fsp3) is 0.136. The second kappa shape index (κ2) is 9.84. The first-order valence-electron chi connectivity index (χ1n) is 10.0. The van der Waals surface area contributed by atoms with E-state index in [1.54, 1.807) is 48.4 Å². The molecule has 3 heterocycles. The molecular formula is C22H16ClF3N6O2S. The van der Waals surface area contributed by atoms with Gasteiger partial charge in [0.2, 0.25) is 0 Å². The monoisotopic (exact) mass is 520 g/mol. The molecule has 180 valence electrons. The smallest absolute Gasteiger partial charge is 0.343 e. The SMILES string of the molecule is CC(NC(=O)c1cccc(-n2ccnc2)c1)c1ncc(C(=O)Nc2cc(C(F)(F)F)c(Cl)cn2)s1. The van der Waals surface area contributed by atoms with E-state index in [1.807, 2.05) is 6.07 Å². The zero-order chi connectivity index (χ0) is 25.2. The number of thiazole rings is 1. The molecule has 13 heteroatoms. The molecule has 4 aromatic rings. The molecule has 0 aliphatic rings. The lowest BCUT2D eigenvalue weighted by atomic mass is 10.1. The summed E-state index contributed by atoms with van der Waals surface area (Å²) in [7, 11) is 0. The molecule has 3 aromatic heterocycles. The lowest BCUT2D eigenvalue weighted by Crippen LogP contribution is -2.26. The van der Waals surface area contributed by atoms with Gasteiger partial charge in [0.25, 0.3) is 11.8 Å². The van der Waals surface area contributed by atoms with Crippen LogP contribution in [0.1, 0.15) is 43.6 Å². The fourth-order valence-electron chi connectivity index (χ4n) is 3.06. The molecule has 0 saturated carbocycles. The molecule has 8 nitrogen and oxygen atoms in total. The minimum absolute atomic E-state index is 0.133. The molecule has 0 aliphatic carbocycles. The van der Waals surface area contributed by atoms with Gasteiger partial charge in [-0.15, -0.1) is 11.3 Å². The Hall–Kier alpha value is -3.77. The van der Waals surface area contributed by atoms with Gasteiger partial charge in [0, 0.05) is 29.8 Å². The van der Waals surface area contributed by atoms with Crippen LogP contribution in [0.3, 0.4) is 0 Å². The van der Waals surface area contributed by atoms with Crippen LogP contribution in [0.4, 0.5) is 19.0 Å². The number of aromatic nitrogens is 4. The molecule has 2 N–H and O–H groups in total. The third-order valence-electron chi connectivity index (χ3n) is 4.78. The molecular weight excluding hydrogens is 505 g/mol. The number of anilines is 1. The van der Waals surface area contributed by atoms with Crippen molar-refractivity contribution < 1.29 is 22.8 Å². The van der Waals surface area contributed by atoms with Crippen molar-refractivity contribution in [3.63, 3.8) is 0 Å². The third-order valence-corrected chi connectivity index (χ3v) is 6.26. The first kappa shape index (κ1) is 24.4. The number of carbonyl (C=O) groups excluding carboxylic acids is 2. The van der Waals surface area contributed by atoms with Gasteiger partial charge in [0.1, 0.15) is 15.7 Å². The summed E-state index contributed by atoms with van der Waals surface area (Å²) in [4.78, 5) is 37.2. The van der Waals surface area contributed by atoms with Crippen LogP contribution < -0.4 is 10.6 Å². The summed E-state index contributed by atoms with van der Waals surface area (Å²) in [6.45, 7) is 1.70. The van der Waals surface area contributed by atoms with E-state index in [0.29, 0.717) is 16.6 Å². The average molecular weight is 521 g/mol. The highest BCUT2D eigenvalue weighted by molar-refractivity contribution is 7.13. The van der Waals surface area contributed by atoms with Crippen molar-refractivity contribution in [2.24, 2.45) is 0 Å². The molecule has 0 radical (unpaired) electrons. The Labute approximate surface area is 205 Å². The summed E-state index contributed by atoms with van der Waals surface area (Å²) in [6, 6.07) is 7.08. The normalized spacial score (nSPS) is 12.3. The number of hydrogen-bond acceptors (Lipinski definition) is 6. The average Bonchev–Trinajstić information content (AvgIpc) is 3.52. The Morgan fingerprint density at radius 1 is 1.14 bits per heavy atom. The van der Waals surface area contributed by atoms with Crippen molar-refractivity contribution in [1.29, 1.82) is 0 Å². The highest BCUT2D eigenvalue weighted by Gasteiger charge is 2.34. The molecule has 35 heavy (non-hydrogen) atoms. The Bertz CT molecular complexity index is 1370. The highest BCUT2D eigenvalue weighted by atomic mass is 35.5. The maximum Gasteiger partial charge on any atom is 0.418 e. The summed E-state index contributed by atoms with van der Waals surface area (Å²) in [5.74, 6) is -1.34. The van der Waals surface area contributed by atoms with Gasteiger partial charge in [0.05, 0.1) is 29.2 Å². The quantitative estimate of drug-likeness (QED) is 0.366. The summed E-state index contributed by atoms with van der Waals surface area (Å²) >= 11 is 6.54. The van der Waals surface area contributed by atoms with E-state index in [0.717, 1.165) is 23.2 Å². The molecule has 1 aromatic carbocycles. The van der Waals surface area contributed by atoms with Crippen molar-refractivity contribution in [2.75, 3.05) is 5.32 Å². The fourth-order valence-corrected chi connectivity index (χ4v) is 4.08. The molecule has 0 saturated heterocycles. The van der Waals surface area contributed by atoms with Crippen LogP contribution in [0.2, 0.25) is 5.02 Å². The zero-order valence-electron chi connectivity index (χ0n) is 17.9. The second-order valence-electron chi connectivity index (χ2n) is 7.28. The van der Waals surface area contributed by atoms with Crippen LogP contribution in [0.25, 0.3) is 5.69 Å². The Morgan fingerprint density at radius 3 is 2.66 bits per heavy atom. The van der Waals surface area contributed by atoms with Gasteiger partial charge in [-0.2, -0.15) is 13.2 Å². The van der Waals surface area contributed by atoms with E-state index in [-0.39, 0.29) is 16.6 Å². The molecule has 1 unspecified atom stereocenters. The minimum atomic E-state index is -4.69. The van der Waals surface area contributed by atoms with E-state index in [1.165, 1.54) is 6.20 Å². The van der Waals surface area contributed by atoms with Crippen molar-refractivity contribution in [2.45, 2.75) is 19.1 Å². The molecule has 0 fully saturated rings. The largest absolute Gasteiger partial charge is 0.418 e. The summed E-state index contributed by atoms with van der Waals surface area (Å²) in [5.41, 5.74) is 0.0789.